The molecule has 0 aliphatic carbocycles. The van der Waals surface area contributed by atoms with Gasteiger partial charge in [0, 0.05) is 23.2 Å². The third-order valence-corrected chi connectivity index (χ3v) is 5.07. The van der Waals surface area contributed by atoms with E-state index < -0.39 is 0 Å². The minimum atomic E-state index is -0.377. The van der Waals surface area contributed by atoms with Crippen LogP contribution in [0.25, 0.3) is 0 Å². The van der Waals surface area contributed by atoms with Crippen molar-refractivity contribution in [2.45, 2.75) is 45.2 Å². The van der Waals surface area contributed by atoms with Crippen LogP contribution in [-0.2, 0) is 4.79 Å². The maximum Gasteiger partial charge on any atom is 0.260 e. The van der Waals surface area contributed by atoms with Gasteiger partial charge in [-0.3, -0.25) is 9.59 Å². The number of carbonyl (C=O) groups is 2. The number of ether oxygens (including phenoxy) is 1. The van der Waals surface area contributed by atoms with E-state index in [0.29, 0.717) is 16.9 Å². The second kappa shape index (κ2) is 8.33. The van der Waals surface area contributed by atoms with Gasteiger partial charge in [-0.2, -0.15) is 0 Å². The molecule has 0 bridgehead atoms. The number of carbonyl (C=O) groups excluding carboxylic acids is 2. The van der Waals surface area contributed by atoms with Gasteiger partial charge in [-0.05, 0) is 81.6 Å². The number of ketones is 1. The Morgan fingerprint density at radius 2 is 1.48 bits per heavy atom. The molecule has 1 aliphatic rings. The topological polar surface area (TPSA) is 46.6 Å². The lowest BCUT2D eigenvalue weighted by Gasteiger charge is -2.38. The number of amides is 1. The van der Waals surface area contributed by atoms with Gasteiger partial charge in [0.25, 0.3) is 5.91 Å². The van der Waals surface area contributed by atoms with Crippen LogP contribution in [0.3, 0.4) is 0 Å². The first-order valence-electron chi connectivity index (χ1n) is 9.30. The molecule has 2 aromatic carbocycles. The summed E-state index contributed by atoms with van der Waals surface area (Å²) in [6, 6.07) is 12.6. The maximum atomic E-state index is 13.0. The van der Waals surface area contributed by atoms with Gasteiger partial charge in [0.1, 0.15) is 11.6 Å². The van der Waals surface area contributed by atoms with E-state index in [0.717, 1.165) is 19.3 Å². The maximum absolute atomic E-state index is 13.0. The fraction of sp³-hybridized carbons (Fsp3) is 0.364. The van der Waals surface area contributed by atoms with Crippen LogP contribution in [0.2, 0.25) is 0 Å². The number of hydrogen-bond donors (Lipinski definition) is 0. The number of piperidine rings is 1. The third-order valence-electron chi connectivity index (χ3n) is 5.07. The lowest BCUT2D eigenvalue weighted by molar-refractivity contribution is -0.139. The number of nitrogens with zero attached hydrogens (tertiary/aromatic N) is 1. The Morgan fingerprint density at radius 3 is 2.04 bits per heavy atom. The summed E-state index contributed by atoms with van der Waals surface area (Å²) >= 11 is 0. The Bertz CT molecular complexity index is 791. The lowest BCUT2D eigenvalue weighted by atomic mass is 9.97. The molecule has 142 valence electrons. The van der Waals surface area contributed by atoms with Crippen molar-refractivity contribution < 1.29 is 18.7 Å². The number of benzene rings is 2. The Hall–Kier alpha value is -2.69. The van der Waals surface area contributed by atoms with Crippen LogP contribution in [0.1, 0.15) is 49.0 Å². The zero-order valence-electron chi connectivity index (χ0n) is 15.7. The average molecular weight is 369 g/mol. The molecule has 2 atom stereocenters. The number of hydrogen-bond acceptors (Lipinski definition) is 3. The highest BCUT2D eigenvalue weighted by molar-refractivity contribution is 6.09. The first kappa shape index (κ1) is 19.1. The molecule has 4 nitrogen and oxygen atoms in total. The standard InChI is InChI=1S/C22H24FNO3/c1-15-4-3-5-16(2)24(15)21(25)14-27-20-12-8-18(9-13-20)22(26)17-6-10-19(23)11-7-17/h6-13,15-16H,3-5,14H2,1-2H3/t15-,16-/m1/s1. The largest absolute Gasteiger partial charge is 0.484 e. The van der Waals surface area contributed by atoms with Gasteiger partial charge in [0.2, 0.25) is 0 Å². The summed E-state index contributed by atoms with van der Waals surface area (Å²) in [6.07, 6.45) is 3.20. The fourth-order valence-corrected chi connectivity index (χ4v) is 3.60. The van der Waals surface area contributed by atoms with Crippen LogP contribution < -0.4 is 4.74 Å². The molecule has 0 spiro atoms. The molecule has 0 saturated carbocycles. The zero-order valence-corrected chi connectivity index (χ0v) is 15.7. The first-order chi connectivity index (χ1) is 13.0. The van der Waals surface area contributed by atoms with Crippen molar-refractivity contribution in [2.24, 2.45) is 0 Å². The van der Waals surface area contributed by atoms with E-state index in [4.69, 9.17) is 4.74 Å². The second-order valence-corrected chi connectivity index (χ2v) is 7.08. The summed E-state index contributed by atoms with van der Waals surface area (Å²) < 4.78 is 18.6. The average Bonchev–Trinajstić information content (AvgIpc) is 2.67. The summed E-state index contributed by atoms with van der Waals surface area (Å²) in [5, 5.41) is 0. The molecule has 2 aromatic rings. The van der Waals surface area contributed by atoms with Crippen molar-refractivity contribution in [3.05, 3.63) is 65.5 Å². The Labute approximate surface area is 158 Å². The molecule has 5 heteroatoms. The Morgan fingerprint density at radius 1 is 0.963 bits per heavy atom. The van der Waals surface area contributed by atoms with Crippen molar-refractivity contribution in [1.29, 1.82) is 0 Å². The Kier molecular flexibility index (Phi) is 5.89. The molecule has 1 aliphatic heterocycles. The fourth-order valence-electron chi connectivity index (χ4n) is 3.60. The van der Waals surface area contributed by atoms with Crippen LogP contribution >= 0.6 is 0 Å². The Balaban J connectivity index is 1.60. The van der Waals surface area contributed by atoms with Crippen molar-refractivity contribution in [1.82, 2.24) is 4.90 Å². The van der Waals surface area contributed by atoms with Crippen LogP contribution in [0.15, 0.2) is 48.5 Å². The monoisotopic (exact) mass is 369 g/mol. The molecular weight excluding hydrogens is 345 g/mol. The van der Waals surface area contributed by atoms with Gasteiger partial charge in [0.15, 0.2) is 12.4 Å². The van der Waals surface area contributed by atoms with Crippen molar-refractivity contribution >= 4 is 11.7 Å². The molecule has 1 fully saturated rings. The van der Waals surface area contributed by atoms with E-state index in [9.17, 15) is 14.0 Å². The molecular formula is C22H24FNO3. The van der Waals surface area contributed by atoms with Crippen molar-refractivity contribution in [3.8, 4) is 5.75 Å². The summed E-state index contributed by atoms with van der Waals surface area (Å²) in [6.45, 7) is 4.13. The molecule has 0 radical (unpaired) electrons. The quantitative estimate of drug-likeness (QED) is 0.741. The highest BCUT2D eigenvalue weighted by Gasteiger charge is 2.28. The molecule has 0 unspecified atom stereocenters. The van der Waals surface area contributed by atoms with Gasteiger partial charge in [-0.25, -0.2) is 4.39 Å². The third kappa shape index (κ3) is 4.54. The number of likely N-dealkylation sites (tertiary alicyclic amines) is 1. The van der Waals surface area contributed by atoms with Crippen molar-refractivity contribution in [2.75, 3.05) is 6.61 Å². The SMILES string of the molecule is C[C@@H]1CCC[C@@H](C)N1C(=O)COc1ccc(C(=O)c2ccc(F)cc2)cc1. The molecule has 1 saturated heterocycles. The van der Waals surface area contributed by atoms with E-state index in [1.54, 1.807) is 24.3 Å². The molecule has 3 rings (SSSR count). The predicted molar refractivity (Wildman–Crippen MR) is 101 cm³/mol. The lowest BCUT2D eigenvalue weighted by Crippen LogP contribution is -2.49. The van der Waals surface area contributed by atoms with Gasteiger partial charge < -0.3 is 9.64 Å². The molecule has 27 heavy (non-hydrogen) atoms. The normalized spacial score (nSPS) is 19.6. The molecule has 0 N–H and O–H groups in total. The van der Waals surface area contributed by atoms with Gasteiger partial charge in [-0.1, -0.05) is 0 Å². The van der Waals surface area contributed by atoms with E-state index in [1.807, 2.05) is 4.90 Å². The molecule has 1 heterocycles. The second-order valence-electron chi connectivity index (χ2n) is 7.08. The van der Waals surface area contributed by atoms with Crippen LogP contribution in [0, 0.1) is 5.82 Å². The smallest absolute Gasteiger partial charge is 0.260 e. The minimum absolute atomic E-state index is 0.0128. The van der Waals surface area contributed by atoms with E-state index >= 15 is 0 Å². The first-order valence-corrected chi connectivity index (χ1v) is 9.30. The number of halogens is 1. The van der Waals surface area contributed by atoms with Crippen LogP contribution in [0.5, 0.6) is 5.75 Å². The van der Waals surface area contributed by atoms with Gasteiger partial charge in [0.05, 0.1) is 0 Å². The molecule has 0 aromatic heterocycles. The predicted octanol–water partition coefficient (Wildman–Crippen LogP) is 4.23. The van der Waals surface area contributed by atoms with E-state index in [-0.39, 0.29) is 36.2 Å². The van der Waals surface area contributed by atoms with Crippen LogP contribution in [0.4, 0.5) is 4.39 Å². The summed E-state index contributed by atoms with van der Waals surface area (Å²) in [5.41, 5.74) is 0.909. The van der Waals surface area contributed by atoms with Crippen molar-refractivity contribution in [3.63, 3.8) is 0 Å². The summed E-state index contributed by atoms with van der Waals surface area (Å²) in [4.78, 5) is 26.8. The highest BCUT2D eigenvalue weighted by Crippen LogP contribution is 2.23. The summed E-state index contributed by atoms with van der Waals surface area (Å²) in [7, 11) is 0. The van der Waals surface area contributed by atoms with E-state index in [2.05, 4.69) is 13.8 Å². The van der Waals surface area contributed by atoms with Gasteiger partial charge in [-0.15, -0.1) is 0 Å². The van der Waals surface area contributed by atoms with E-state index in [1.165, 1.54) is 24.3 Å². The minimum Gasteiger partial charge on any atom is -0.484 e. The summed E-state index contributed by atoms with van der Waals surface area (Å²) in [5.74, 6) is -0.0385. The molecule has 1 amide bonds. The van der Waals surface area contributed by atoms with Crippen LogP contribution in [-0.4, -0.2) is 35.3 Å². The zero-order chi connectivity index (χ0) is 19.4. The van der Waals surface area contributed by atoms with Gasteiger partial charge >= 0.3 is 0 Å². The number of rotatable bonds is 5. The highest BCUT2D eigenvalue weighted by atomic mass is 19.1.